The van der Waals surface area contributed by atoms with Gasteiger partial charge in [0.15, 0.2) is 0 Å². The summed E-state index contributed by atoms with van der Waals surface area (Å²) in [4.78, 5) is 0. The van der Waals surface area contributed by atoms with E-state index in [9.17, 15) is 10.2 Å². The van der Waals surface area contributed by atoms with Crippen LogP contribution in [0.1, 0.15) is 34.1 Å². The van der Waals surface area contributed by atoms with E-state index in [-0.39, 0.29) is 23.7 Å². The van der Waals surface area contributed by atoms with Crippen LogP contribution in [0.3, 0.4) is 0 Å². The molecule has 0 heterocycles. The SMILES string of the molecule is COC1=CC(O)C2C(C1O)[C@@H]1c3ccccc3[C@H]2c2c(OC)ccc(OC)c21. The van der Waals surface area contributed by atoms with Gasteiger partial charge in [-0.25, -0.2) is 0 Å². The molecule has 0 aromatic heterocycles. The first-order chi connectivity index (χ1) is 13.6. The van der Waals surface area contributed by atoms with E-state index < -0.39 is 12.2 Å². The zero-order valence-electron chi connectivity index (χ0n) is 16.1. The number of ether oxygens (including phenoxy) is 3. The summed E-state index contributed by atoms with van der Waals surface area (Å²) in [5.41, 5.74) is 4.48. The third kappa shape index (κ3) is 2.09. The summed E-state index contributed by atoms with van der Waals surface area (Å²) in [7, 11) is 4.87. The van der Waals surface area contributed by atoms with Crippen LogP contribution >= 0.6 is 0 Å². The van der Waals surface area contributed by atoms with Crippen LogP contribution in [0.4, 0.5) is 0 Å². The van der Waals surface area contributed by atoms with E-state index in [1.54, 1.807) is 20.3 Å². The molecule has 146 valence electrons. The van der Waals surface area contributed by atoms with E-state index in [2.05, 4.69) is 12.1 Å². The number of hydrogen-bond donors (Lipinski definition) is 2. The summed E-state index contributed by atoms with van der Waals surface area (Å²) in [6.07, 6.45) is 0.151. The molecule has 0 amide bonds. The summed E-state index contributed by atoms with van der Waals surface area (Å²) in [5.74, 6) is 1.43. The predicted molar refractivity (Wildman–Crippen MR) is 104 cm³/mol. The van der Waals surface area contributed by atoms with E-state index in [1.807, 2.05) is 24.3 Å². The lowest BCUT2D eigenvalue weighted by atomic mass is 9.50. The largest absolute Gasteiger partial charge is 0.499 e. The maximum atomic E-state index is 11.2. The molecule has 6 rings (SSSR count). The highest BCUT2D eigenvalue weighted by atomic mass is 16.5. The van der Waals surface area contributed by atoms with Crippen molar-refractivity contribution in [2.45, 2.75) is 24.0 Å². The molecule has 28 heavy (non-hydrogen) atoms. The van der Waals surface area contributed by atoms with Gasteiger partial charge in [-0.2, -0.15) is 0 Å². The molecule has 0 saturated carbocycles. The minimum absolute atomic E-state index is 0.0921. The Balaban J connectivity index is 1.84. The normalized spacial score (nSPS) is 32.0. The highest BCUT2D eigenvalue weighted by Gasteiger charge is 2.58. The van der Waals surface area contributed by atoms with Crippen molar-refractivity contribution in [3.63, 3.8) is 0 Å². The Bertz CT molecular complexity index is 965. The van der Waals surface area contributed by atoms with Crippen molar-refractivity contribution >= 4 is 0 Å². The topological polar surface area (TPSA) is 68.2 Å². The van der Waals surface area contributed by atoms with Crippen molar-refractivity contribution < 1.29 is 24.4 Å². The molecule has 5 heteroatoms. The molecule has 4 aliphatic rings. The monoisotopic (exact) mass is 380 g/mol. The van der Waals surface area contributed by atoms with Crippen molar-refractivity contribution in [1.29, 1.82) is 0 Å². The molecule has 4 unspecified atom stereocenters. The van der Waals surface area contributed by atoms with Crippen LogP contribution in [0.2, 0.25) is 0 Å². The van der Waals surface area contributed by atoms with Gasteiger partial charge in [0.1, 0.15) is 23.4 Å². The van der Waals surface area contributed by atoms with Crippen molar-refractivity contribution in [3.8, 4) is 11.5 Å². The van der Waals surface area contributed by atoms with Gasteiger partial charge in [0.2, 0.25) is 0 Å². The Hall–Kier alpha value is -2.50. The van der Waals surface area contributed by atoms with Gasteiger partial charge < -0.3 is 24.4 Å². The maximum absolute atomic E-state index is 11.2. The molecule has 0 aliphatic heterocycles. The molecule has 4 aliphatic carbocycles. The van der Waals surface area contributed by atoms with Crippen LogP contribution in [0, 0.1) is 11.8 Å². The van der Waals surface area contributed by atoms with E-state index in [1.165, 1.54) is 18.2 Å². The molecule has 2 aromatic carbocycles. The van der Waals surface area contributed by atoms with Gasteiger partial charge in [-0.15, -0.1) is 0 Å². The fraction of sp³-hybridized carbons (Fsp3) is 0.391. The molecule has 5 nitrogen and oxygen atoms in total. The minimum Gasteiger partial charge on any atom is -0.499 e. The fourth-order valence-electron chi connectivity index (χ4n) is 5.80. The van der Waals surface area contributed by atoms with Gasteiger partial charge in [0, 0.05) is 34.8 Å². The van der Waals surface area contributed by atoms with Gasteiger partial charge in [-0.3, -0.25) is 0 Å². The van der Waals surface area contributed by atoms with Gasteiger partial charge in [0.05, 0.1) is 27.4 Å². The van der Waals surface area contributed by atoms with Crippen LogP contribution in [-0.2, 0) is 4.74 Å². The Morgan fingerprint density at radius 3 is 1.75 bits per heavy atom. The molecular weight excluding hydrogens is 356 g/mol. The Labute approximate surface area is 164 Å². The molecule has 0 spiro atoms. The van der Waals surface area contributed by atoms with Crippen molar-refractivity contribution in [2.24, 2.45) is 11.8 Å². The summed E-state index contributed by atoms with van der Waals surface area (Å²) in [5, 5.41) is 22.2. The number of benzene rings is 2. The minimum atomic E-state index is -0.789. The van der Waals surface area contributed by atoms with Crippen LogP contribution < -0.4 is 9.47 Å². The number of rotatable bonds is 3. The highest BCUT2D eigenvalue weighted by Crippen LogP contribution is 2.65. The molecular formula is C23H24O5. The van der Waals surface area contributed by atoms with E-state index in [0.717, 1.165) is 22.6 Å². The summed E-state index contributed by atoms with van der Waals surface area (Å²) >= 11 is 0. The van der Waals surface area contributed by atoms with Crippen LogP contribution in [0.25, 0.3) is 0 Å². The van der Waals surface area contributed by atoms with E-state index in [0.29, 0.717) is 5.76 Å². The first-order valence-corrected chi connectivity index (χ1v) is 9.57. The van der Waals surface area contributed by atoms with Crippen molar-refractivity contribution in [3.05, 3.63) is 70.5 Å². The summed E-state index contributed by atoms with van der Waals surface area (Å²) in [6, 6.07) is 12.2. The standard InChI is InChI=1S/C23H24O5/c1-26-14-8-9-15(27-2)21-18-12-7-5-4-6-11(12)17(20(14)21)19-13(24)10-16(28-3)23(25)22(18)19/h4-10,13,17-19,22-25H,1-3H3/t13?,17-,18-,19?,22?,23?/m1/s1. The number of methoxy groups -OCH3 is 3. The fourth-order valence-corrected chi connectivity index (χ4v) is 5.80. The van der Waals surface area contributed by atoms with Gasteiger partial charge >= 0.3 is 0 Å². The average Bonchev–Trinajstić information content (AvgIpc) is 2.74. The lowest BCUT2D eigenvalue weighted by Crippen LogP contribution is -2.52. The predicted octanol–water partition coefficient (Wildman–Crippen LogP) is 2.79. The molecule has 0 fully saturated rings. The first kappa shape index (κ1) is 17.6. The number of aliphatic hydroxyl groups excluding tert-OH is 2. The third-order valence-corrected chi connectivity index (χ3v) is 6.77. The van der Waals surface area contributed by atoms with E-state index in [4.69, 9.17) is 14.2 Å². The molecule has 2 N–H and O–H groups in total. The Morgan fingerprint density at radius 2 is 1.25 bits per heavy atom. The quantitative estimate of drug-likeness (QED) is 0.857. The maximum Gasteiger partial charge on any atom is 0.123 e. The Kier molecular flexibility index (Phi) is 3.93. The van der Waals surface area contributed by atoms with Crippen LogP contribution in [0.15, 0.2) is 48.2 Å². The van der Waals surface area contributed by atoms with Crippen LogP contribution in [0.5, 0.6) is 11.5 Å². The van der Waals surface area contributed by atoms with Gasteiger partial charge in [0.25, 0.3) is 0 Å². The van der Waals surface area contributed by atoms with Gasteiger partial charge in [-0.05, 0) is 29.3 Å². The van der Waals surface area contributed by atoms with Crippen LogP contribution in [-0.4, -0.2) is 43.8 Å². The molecule has 2 aromatic rings. The first-order valence-electron chi connectivity index (χ1n) is 9.57. The molecule has 6 atom stereocenters. The Morgan fingerprint density at radius 1 is 0.714 bits per heavy atom. The van der Waals surface area contributed by atoms with Crippen molar-refractivity contribution in [2.75, 3.05) is 21.3 Å². The molecule has 0 saturated heterocycles. The number of hydrogen-bond acceptors (Lipinski definition) is 5. The van der Waals surface area contributed by atoms with Gasteiger partial charge in [-0.1, -0.05) is 24.3 Å². The number of aliphatic hydroxyl groups is 2. The zero-order chi connectivity index (χ0) is 19.6. The smallest absolute Gasteiger partial charge is 0.123 e. The average molecular weight is 380 g/mol. The second-order valence-electron chi connectivity index (χ2n) is 7.74. The summed E-state index contributed by atoms with van der Waals surface area (Å²) in [6.45, 7) is 0. The highest BCUT2D eigenvalue weighted by molar-refractivity contribution is 5.65. The zero-order valence-corrected chi connectivity index (χ0v) is 16.1. The third-order valence-electron chi connectivity index (χ3n) is 6.77. The lowest BCUT2D eigenvalue weighted by molar-refractivity contribution is -0.0302. The molecule has 2 bridgehead atoms. The van der Waals surface area contributed by atoms with Crippen molar-refractivity contribution in [1.82, 2.24) is 0 Å². The summed E-state index contributed by atoms with van der Waals surface area (Å²) < 4.78 is 16.9. The van der Waals surface area contributed by atoms with E-state index >= 15 is 0 Å². The lowest BCUT2D eigenvalue weighted by Gasteiger charge is -2.55. The second kappa shape index (κ2) is 6.26. The molecule has 0 radical (unpaired) electrons. The second-order valence-corrected chi connectivity index (χ2v) is 7.74.